The molecule has 0 amide bonds. The lowest BCUT2D eigenvalue weighted by Gasteiger charge is -2.13. The number of rotatable bonds is 7. The topological polar surface area (TPSA) is 111 Å². The smallest absolute Gasteiger partial charge is 0.329 e. The van der Waals surface area contributed by atoms with Crippen molar-refractivity contribution in [3.05, 3.63) is 62.1 Å². The molecule has 9 heteroatoms. The van der Waals surface area contributed by atoms with Gasteiger partial charge in [0.05, 0.1) is 11.4 Å². The maximum atomic E-state index is 12.6. The van der Waals surface area contributed by atoms with Gasteiger partial charge in [-0.1, -0.05) is 55.9 Å². The number of aromatic amines is 1. The molecule has 0 aliphatic rings. The van der Waals surface area contributed by atoms with Crippen molar-refractivity contribution in [2.45, 2.75) is 24.7 Å². The lowest BCUT2D eigenvalue weighted by molar-refractivity contribution is 0.102. The van der Waals surface area contributed by atoms with E-state index in [9.17, 15) is 14.4 Å². The predicted octanol–water partition coefficient (Wildman–Crippen LogP) is 2.87. The van der Waals surface area contributed by atoms with Gasteiger partial charge in [0.25, 0.3) is 5.56 Å². The molecule has 0 bridgehead atoms. The number of hydrogen-bond donors (Lipinski definition) is 2. The average Bonchev–Trinajstić information content (AvgIpc) is 3.13. The third-order valence-corrected chi connectivity index (χ3v) is 5.97. The van der Waals surface area contributed by atoms with Crippen LogP contribution in [0.4, 0.5) is 5.82 Å². The average molecular weight is 417 g/mol. The van der Waals surface area contributed by atoms with E-state index in [2.05, 4.69) is 9.97 Å². The Morgan fingerprint density at radius 2 is 2.00 bits per heavy atom. The second kappa shape index (κ2) is 8.57. The number of hydrogen-bond acceptors (Lipinski definition) is 7. The minimum absolute atomic E-state index is 0.00883. The number of Topliss-reactive ketones (excluding diaryl/α,β-unsaturated/α-hetero) is 1. The van der Waals surface area contributed by atoms with E-state index in [1.54, 1.807) is 0 Å². The minimum atomic E-state index is -0.753. The normalized spacial score (nSPS) is 11.1. The Morgan fingerprint density at radius 1 is 1.29 bits per heavy atom. The maximum Gasteiger partial charge on any atom is 0.329 e. The Labute approximate surface area is 169 Å². The molecular weight excluding hydrogens is 396 g/mol. The van der Waals surface area contributed by atoms with Gasteiger partial charge in [-0.3, -0.25) is 19.1 Å². The van der Waals surface area contributed by atoms with Crippen LogP contribution in [0.1, 0.15) is 24.2 Å². The number of carbonyl (C=O) groups excluding carboxylic acids is 1. The van der Waals surface area contributed by atoms with Crippen LogP contribution in [0, 0.1) is 5.92 Å². The molecule has 0 aliphatic carbocycles. The van der Waals surface area contributed by atoms with E-state index in [0.717, 1.165) is 15.6 Å². The summed E-state index contributed by atoms with van der Waals surface area (Å²) in [6.07, 6.45) is 0. The molecule has 3 N–H and O–H groups in total. The van der Waals surface area contributed by atoms with Gasteiger partial charge in [-0.2, -0.15) is 0 Å². The molecule has 3 aromatic rings. The summed E-state index contributed by atoms with van der Waals surface area (Å²) >= 11 is 2.67. The van der Waals surface area contributed by atoms with E-state index < -0.39 is 17.0 Å². The molecule has 0 fully saturated rings. The third kappa shape index (κ3) is 4.42. The Bertz CT molecular complexity index is 1100. The number of ketones is 1. The van der Waals surface area contributed by atoms with Crippen LogP contribution in [0.3, 0.4) is 0 Å². The van der Waals surface area contributed by atoms with Crippen LogP contribution in [0.5, 0.6) is 0 Å². The van der Waals surface area contributed by atoms with Crippen LogP contribution in [0.25, 0.3) is 11.3 Å². The Balaban J connectivity index is 1.78. The second-order valence-electron chi connectivity index (χ2n) is 6.60. The standard InChI is InChI=1S/C19H20N4O3S2/c1-11(2)8-23-16(20)15(17(25)22-18(23)26)14(24)10-28-19-21-13(9-27-19)12-6-4-3-5-7-12/h3-7,9,11H,8,10,20H2,1-2H3,(H,22,25,26). The Hall–Kier alpha value is -2.65. The van der Waals surface area contributed by atoms with Crippen molar-refractivity contribution >= 4 is 34.7 Å². The lowest BCUT2D eigenvalue weighted by atomic mass is 10.2. The minimum Gasteiger partial charge on any atom is -0.384 e. The van der Waals surface area contributed by atoms with Crippen molar-refractivity contribution in [3.63, 3.8) is 0 Å². The van der Waals surface area contributed by atoms with Crippen molar-refractivity contribution in [2.24, 2.45) is 5.92 Å². The van der Waals surface area contributed by atoms with Gasteiger partial charge in [-0.15, -0.1) is 11.3 Å². The van der Waals surface area contributed by atoms with Gasteiger partial charge in [-0.25, -0.2) is 9.78 Å². The Morgan fingerprint density at radius 3 is 2.68 bits per heavy atom. The Kier molecular flexibility index (Phi) is 6.15. The van der Waals surface area contributed by atoms with E-state index >= 15 is 0 Å². The molecule has 3 rings (SSSR count). The molecule has 0 unspecified atom stereocenters. The highest BCUT2D eigenvalue weighted by Gasteiger charge is 2.20. The van der Waals surface area contributed by atoms with Crippen molar-refractivity contribution in [3.8, 4) is 11.3 Å². The van der Waals surface area contributed by atoms with E-state index in [1.807, 2.05) is 49.6 Å². The summed E-state index contributed by atoms with van der Waals surface area (Å²) in [5.74, 6) is -0.376. The summed E-state index contributed by atoms with van der Waals surface area (Å²) in [7, 11) is 0. The zero-order chi connectivity index (χ0) is 20.3. The zero-order valence-electron chi connectivity index (χ0n) is 15.5. The molecule has 2 heterocycles. The first-order valence-corrected chi connectivity index (χ1v) is 10.5. The number of anilines is 1. The first-order valence-electron chi connectivity index (χ1n) is 8.66. The summed E-state index contributed by atoms with van der Waals surface area (Å²) < 4.78 is 1.96. The highest BCUT2D eigenvalue weighted by molar-refractivity contribution is 8.01. The monoisotopic (exact) mass is 416 g/mol. The fraction of sp³-hybridized carbons (Fsp3) is 0.263. The van der Waals surface area contributed by atoms with E-state index in [4.69, 9.17) is 5.73 Å². The van der Waals surface area contributed by atoms with Gasteiger partial charge >= 0.3 is 5.69 Å². The molecule has 7 nitrogen and oxygen atoms in total. The molecule has 0 saturated heterocycles. The predicted molar refractivity (Wildman–Crippen MR) is 113 cm³/mol. The van der Waals surface area contributed by atoms with Crippen LogP contribution >= 0.6 is 23.1 Å². The van der Waals surface area contributed by atoms with Crippen molar-refractivity contribution in [1.82, 2.24) is 14.5 Å². The van der Waals surface area contributed by atoms with Gasteiger partial charge in [0.2, 0.25) is 0 Å². The molecule has 0 atom stereocenters. The molecule has 0 spiro atoms. The number of thioether (sulfide) groups is 1. The van der Waals surface area contributed by atoms with Crippen molar-refractivity contribution in [2.75, 3.05) is 11.5 Å². The summed E-state index contributed by atoms with van der Waals surface area (Å²) in [4.78, 5) is 43.5. The van der Waals surface area contributed by atoms with Gasteiger partial charge in [0, 0.05) is 17.5 Å². The molecule has 1 aromatic carbocycles. The zero-order valence-corrected chi connectivity index (χ0v) is 17.1. The molecule has 2 aromatic heterocycles. The number of nitrogens with zero attached hydrogens (tertiary/aromatic N) is 2. The van der Waals surface area contributed by atoms with Gasteiger partial charge in [0.15, 0.2) is 10.1 Å². The number of nitrogens with two attached hydrogens (primary N) is 1. The summed E-state index contributed by atoms with van der Waals surface area (Å²) in [6.45, 7) is 4.16. The fourth-order valence-corrected chi connectivity index (χ4v) is 4.38. The second-order valence-corrected chi connectivity index (χ2v) is 8.68. The molecule has 0 radical (unpaired) electrons. The maximum absolute atomic E-state index is 12.6. The largest absolute Gasteiger partial charge is 0.384 e. The number of H-pyrrole nitrogens is 1. The summed E-state index contributed by atoms with van der Waals surface area (Å²) in [5, 5.41) is 1.92. The SMILES string of the molecule is CC(C)Cn1c(N)c(C(=O)CSc2nc(-c3ccccc3)cs2)c(=O)[nH]c1=O. The number of thiazole rings is 1. The van der Waals surface area contributed by atoms with Crippen molar-refractivity contribution in [1.29, 1.82) is 0 Å². The van der Waals surface area contributed by atoms with Gasteiger partial charge in [-0.05, 0) is 5.92 Å². The van der Waals surface area contributed by atoms with E-state index in [0.29, 0.717) is 6.54 Å². The number of benzene rings is 1. The molecule has 0 saturated carbocycles. The fourth-order valence-electron chi connectivity index (χ4n) is 2.67. The highest BCUT2D eigenvalue weighted by Crippen LogP contribution is 2.28. The molecular formula is C19H20N4O3S2. The lowest BCUT2D eigenvalue weighted by Crippen LogP contribution is -2.37. The third-order valence-electron chi connectivity index (χ3n) is 3.95. The number of nitrogens with one attached hydrogen (secondary N) is 1. The number of nitrogen functional groups attached to an aromatic ring is 1. The summed E-state index contributed by atoms with van der Waals surface area (Å²) in [6, 6.07) is 9.74. The first kappa shape index (κ1) is 20.1. The number of aromatic nitrogens is 3. The highest BCUT2D eigenvalue weighted by atomic mass is 32.2. The van der Waals surface area contributed by atoms with E-state index in [1.165, 1.54) is 27.7 Å². The van der Waals surface area contributed by atoms with Crippen LogP contribution in [-0.4, -0.2) is 26.1 Å². The molecule has 28 heavy (non-hydrogen) atoms. The number of carbonyl (C=O) groups is 1. The van der Waals surface area contributed by atoms with Crippen LogP contribution in [0.15, 0.2) is 49.6 Å². The molecule has 0 aliphatic heterocycles. The van der Waals surface area contributed by atoms with E-state index in [-0.39, 0.29) is 23.1 Å². The quantitative estimate of drug-likeness (QED) is 0.453. The summed E-state index contributed by atoms with van der Waals surface area (Å²) in [5.41, 5.74) is 6.29. The molecule has 146 valence electrons. The van der Waals surface area contributed by atoms with Gasteiger partial charge < -0.3 is 5.73 Å². The first-order chi connectivity index (χ1) is 13.4. The van der Waals surface area contributed by atoms with Crippen molar-refractivity contribution < 1.29 is 4.79 Å². The van der Waals surface area contributed by atoms with Crippen LogP contribution in [-0.2, 0) is 6.54 Å². The van der Waals surface area contributed by atoms with Crippen LogP contribution in [0.2, 0.25) is 0 Å². The van der Waals surface area contributed by atoms with Crippen LogP contribution < -0.4 is 17.0 Å². The van der Waals surface area contributed by atoms with Gasteiger partial charge in [0.1, 0.15) is 11.4 Å².